The number of hydrogen-bond donors (Lipinski definition) is 0. The lowest BCUT2D eigenvalue weighted by Crippen LogP contribution is -2.45. The topological polar surface area (TPSA) is 43.9 Å². The van der Waals surface area contributed by atoms with Gasteiger partial charge in [-0.15, -0.1) is 0 Å². The van der Waals surface area contributed by atoms with E-state index in [0.29, 0.717) is 13.1 Å². The summed E-state index contributed by atoms with van der Waals surface area (Å²) < 4.78 is 0. The van der Waals surface area contributed by atoms with E-state index in [1.165, 1.54) is 0 Å². The van der Waals surface area contributed by atoms with Crippen LogP contribution in [0.3, 0.4) is 0 Å². The molecule has 0 aromatic heterocycles. The molecule has 1 aliphatic heterocycles. The highest BCUT2D eigenvalue weighted by molar-refractivity contribution is 5.85. The maximum atomic E-state index is 13.0. The molecule has 1 saturated heterocycles. The third-order valence-corrected chi connectivity index (χ3v) is 4.71. The highest BCUT2D eigenvalue weighted by Crippen LogP contribution is 2.24. The van der Waals surface area contributed by atoms with Gasteiger partial charge in [0.2, 0.25) is 11.8 Å². The number of hydrogen-bond acceptors (Lipinski definition) is 3. The molecule has 2 rings (SSSR count). The van der Waals surface area contributed by atoms with Crippen LogP contribution in [0.15, 0.2) is 30.3 Å². The molecule has 0 aliphatic carbocycles. The van der Waals surface area contributed by atoms with Crippen molar-refractivity contribution in [3.8, 4) is 0 Å². The number of benzene rings is 1. The number of carbonyl (C=O) groups excluding carboxylic acids is 2. The van der Waals surface area contributed by atoms with E-state index >= 15 is 0 Å². The molecule has 1 aromatic rings. The Morgan fingerprint density at radius 3 is 2.21 bits per heavy atom. The van der Waals surface area contributed by atoms with Crippen LogP contribution in [0.2, 0.25) is 0 Å². The largest absolute Gasteiger partial charge is 0.342 e. The molecule has 1 heterocycles. The van der Waals surface area contributed by atoms with Crippen LogP contribution in [0.1, 0.15) is 38.3 Å². The molecule has 5 nitrogen and oxygen atoms in total. The Balaban J connectivity index is 2.18. The molecule has 0 spiro atoms. The van der Waals surface area contributed by atoms with E-state index in [2.05, 4.69) is 0 Å². The first-order valence-corrected chi connectivity index (χ1v) is 8.90. The summed E-state index contributed by atoms with van der Waals surface area (Å²) in [6.45, 7) is 7.23. The van der Waals surface area contributed by atoms with Gasteiger partial charge in [-0.25, -0.2) is 0 Å². The van der Waals surface area contributed by atoms with E-state index in [1.807, 2.05) is 61.0 Å². The Bertz CT molecular complexity index is 537. The van der Waals surface area contributed by atoms with Gasteiger partial charge in [-0.1, -0.05) is 30.3 Å². The van der Waals surface area contributed by atoms with Crippen LogP contribution in [0.4, 0.5) is 0 Å². The van der Waals surface area contributed by atoms with Gasteiger partial charge in [-0.3, -0.25) is 14.5 Å². The highest BCUT2D eigenvalue weighted by Gasteiger charge is 2.32. The van der Waals surface area contributed by atoms with Crippen LogP contribution in [0.5, 0.6) is 0 Å². The van der Waals surface area contributed by atoms with Crippen molar-refractivity contribution in [2.45, 2.75) is 32.7 Å². The summed E-state index contributed by atoms with van der Waals surface area (Å²) in [6, 6.07) is 9.37. The Kier molecular flexibility index (Phi) is 6.79. The molecule has 2 amide bonds. The summed E-state index contributed by atoms with van der Waals surface area (Å²) in [5.41, 5.74) is 0.948. The molecule has 5 heteroatoms. The number of amides is 2. The summed E-state index contributed by atoms with van der Waals surface area (Å²) in [5, 5.41) is 0. The lowest BCUT2D eigenvalue weighted by atomic mass is 10.0. The second kappa shape index (κ2) is 8.83. The molecule has 1 atom stereocenters. The van der Waals surface area contributed by atoms with Crippen molar-refractivity contribution in [1.82, 2.24) is 14.7 Å². The molecular formula is C19H29N3O2. The van der Waals surface area contributed by atoms with Gasteiger partial charge in [0.25, 0.3) is 0 Å². The van der Waals surface area contributed by atoms with Crippen molar-refractivity contribution in [2.24, 2.45) is 0 Å². The molecule has 1 fully saturated rings. The van der Waals surface area contributed by atoms with Crippen molar-refractivity contribution < 1.29 is 9.59 Å². The smallest absolute Gasteiger partial charge is 0.244 e. The van der Waals surface area contributed by atoms with Gasteiger partial charge in [0.15, 0.2) is 0 Å². The molecule has 0 saturated carbocycles. The normalized spacial score (nSPS) is 15.6. The SMILES string of the molecule is CCN(CC)C(=O)CN(C)C(C(=O)N1CCCC1)c1ccccc1. The van der Waals surface area contributed by atoms with Crippen LogP contribution in [0, 0.1) is 0 Å². The first kappa shape index (κ1) is 18.5. The van der Waals surface area contributed by atoms with Crippen molar-refractivity contribution in [1.29, 1.82) is 0 Å². The zero-order chi connectivity index (χ0) is 17.5. The number of likely N-dealkylation sites (tertiary alicyclic amines) is 1. The zero-order valence-electron chi connectivity index (χ0n) is 15.1. The zero-order valence-corrected chi connectivity index (χ0v) is 15.1. The number of carbonyl (C=O) groups is 2. The van der Waals surface area contributed by atoms with Gasteiger partial charge >= 0.3 is 0 Å². The fraction of sp³-hybridized carbons (Fsp3) is 0.579. The fourth-order valence-corrected chi connectivity index (χ4v) is 3.31. The minimum Gasteiger partial charge on any atom is -0.342 e. The summed E-state index contributed by atoms with van der Waals surface area (Å²) in [4.78, 5) is 31.1. The second-order valence-electron chi connectivity index (χ2n) is 6.33. The molecule has 24 heavy (non-hydrogen) atoms. The van der Waals surface area contributed by atoms with Crippen molar-refractivity contribution in [3.63, 3.8) is 0 Å². The highest BCUT2D eigenvalue weighted by atomic mass is 16.2. The molecule has 0 radical (unpaired) electrons. The average molecular weight is 331 g/mol. The molecule has 1 aromatic carbocycles. The average Bonchev–Trinajstić information content (AvgIpc) is 3.11. The van der Waals surface area contributed by atoms with E-state index in [1.54, 1.807) is 4.90 Å². The lowest BCUT2D eigenvalue weighted by molar-refractivity contribution is -0.138. The molecule has 132 valence electrons. The second-order valence-corrected chi connectivity index (χ2v) is 6.33. The van der Waals surface area contributed by atoms with E-state index in [9.17, 15) is 9.59 Å². The standard InChI is InChI=1S/C19H29N3O2/c1-4-21(5-2)17(23)15-20(3)18(16-11-7-6-8-12-16)19(24)22-13-9-10-14-22/h6-8,11-12,18H,4-5,9-10,13-15H2,1-3H3. The molecule has 1 aliphatic rings. The van der Waals surface area contributed by atoms with Crippen LogP contribution in [0.25, 0.3) is 0 Å². The van der Waals surface area contributed by atoms with Gasteiger partial charge in [0.1, 0.15) is 6.04 Å². The number of rotatable bonds is 7. The number of likely N-dealkylation sites (N-methyl/N-ethyl adjacent to an activating group) is 2. The molecule has 0 bridgehead atoms. The molecule has 0 N–H and O–H groups in total. The predicted molar refractivity (Wildman–Crippen MR) is 95.6 cm³/mol. The van der Waals surface area contributed by atoms with E-state index in [0.717, 1.165) is 31.5 Å². The van der Waals surface area contributed by atoms with Crippen LogP contribution in [-0.4, -0.2) is 66.3 Å². The third kappa shape index (κ3) is 4.35. The fourth-order valence-electron chi connectivity index (χ4n) is 3.31. The van der Waals surface area contributed by atoms with Gasteiger partial charge in [0.05, 0.1) is 6.54 Å². The van der Waals surface area contributed by atoms with Crippen LogP contribution >= 0.6 is 0 Å². The van der Waals surface area contributed by atoms with Gasteiger partial charge in [-0.05, 0) is 39.3 Å². The van der Waals surface area contributed by atoms with E-state index in [-0.39, 0.29) is 18.4 Å². The number of nitrogens with zero attached hydrogens (tertiary/aromatic N) is 3. The summed E-state index contributed by atoms with van der Waals surface area (Å²) >= 11 is 0. The Morgan fingerprint density at radius 1 is 1.08 bits per heavy atom. The Morgan fingerprint density at radius 2 is 1.67 bits per heavy atom. The first-order valence-electron chi connectivity index (χ1n) is 8.90. The molecule has 1 unspecified atom stereocenters. The Labute approximate surface area is 145 Å². The molecular weight excluding hydrogens is 302 g/mol. The minimum absolute atomic E-state index is 0.0673. The maximum Gasteiger partial charge on any atom is 0.244 e. The van der Waals surface area contributed by atoms with Gasteiger partial charge in [-0.2, -0.15) is 0 Å². The maximum absolute atomic E-state index is 13.0. The van der Waals surface area contributed by atoms with Gasteiger partial charge in [0, 0.05) is 26.2 Å². The van der Waals surface area contributed by atoms with E-state index < -0.39 is 6.04 Å². The van der Waals surface area contributed by atoms with Crippen molar-refractivity contribution >= 4 is 11.8 Å². The first-order chi connectivity index (χ1) is 11.6. The predicted octanol–water partition coefficient (Wildman–Crippen LogP) is 2.15. The van der Waals surface area contributed by atoms with E-state index in [4.69, 9.17) is 0 Å². The summed E-state index contributed by atoms with van der Waals surface area (Å²) in [6.07, 6.45) is 2.13. The monoisotopic (exact) mass is 331 g/mol. The summed E-state index contributed by atoms with van der Waals surface area (Å²) in [7, 11) is 1.87. The van der Waals surface area contributed by atoms with Crippen molar-refractivity contribution in [3.05, 3.63) is 35.9 Å². The lowest BCUT2D eigenvalue weighted by Gasteiger charge is -2.32. The Hall–Kier alpha value is -1.88. The van der Waals surface area contributed by atoms with Crippen LogP contribution in [-0.2, 0) is 9.59 Å². The minimum atomic E-state index is -0.399. The van der Waals surface area contributed by atoms with Gasteiger partial charge < -0.3 is 9.80 Å². The van der Waals surface area contributed by atoms with Crippen molar-refractivity contribution in [2.75, 3.05) is 39.8 Å². The quantitative estimate of drug-likeness (QED) is 0.769. The summed E-state index contributed by atoms with van der Waals surface area (Å²) in [5.74, 6) is 0.172. The van der Waals surface area contributed by atoms with Crippen LogP contribution < -0.4 is 0 Å². The third-order valence-electron chi connectivity index (χ3n) is 4.71.